The van der Waals surface area contributed by atoms with Crippen molar-refractivity contribution in [2.45, 2.75) is 44.1 Å². The minimum atomic E-state index is -2.84. The number of pyridine rings is 2. The highest BCUT2D eigenvalue weighted by Crippen LogP contribution is 2.42. The van der Waals surface area contributed by atoms with Crippen LogP contribution in [-0.2, 0) is 0 Å². The molecule has 0 radical (unpaired) electrons. The lowest BCUT2D eigenvalue weighted by molar-refractivity contribution is 0.0898. The predicted molar refractivity (Wildman–Crippen MR) is 140 cm³/mol. The number of alkyl halides is 2. The van der Waals surface area contributed by atoms with Crippen LogP contribution >= 0.6 is 0 Å². The molecule has 1 amide bonds. The number of nitrogens with zero attached hydrogens (tertiary/aromatic N) is 2. The number of aromatic nitrogens is 2. The Labute approximate surface area is 227 Å². The Kier molecular flexibility index (Phi) is 6.77. The van der Waals surface area contributed by atoms with Gasteiger partial charge in [0.1, 0.15) is 34.3 Å². The van der Waals surface area contributed by atoms with Crippen molar-refractivity contribution in [1.82, 2.24) is 15.3 Å². The van der Waals surface area contributed by atoms with Crippen molar-refractivity contribution in [3.63, 3.8) is 0 Å². The summed E-state index contributed by atoms with van der Waals surface area (Å²) in [6.45, 7) is 1.88. The fourth-order valence-electron chi connectivity index (χ4n) is 4.79. The van der Waals surface area contributed by atoms with Gasteiger partial charge in [-0.2, -0.15) is 0 Å². The van der Waals surface area contributed by atoms with E-state index in [-0.39, 0.29) is 23.3 Å². The van der Waals surface area contributed by atoms with Crippen molar-refractivity contribution in [1.29, 1.82) is 0 Å². The van der Waals surface area contributed by atoms with Crippen molar-refractivity contribution in [3.05, 3.63) is 83.2 Å². The summed E-state index contributed by atoms with van der Waals surface area (Å²) in [5.74, 6) is -2.28. The molecule has 206 valence electrons. The molecule has 2 aromatic heterocycles. The standard InChI is InChI=1S/C30H25F4N3O3/c1-15-14-39-28-22(15)11-24(37-27(28)16-2-4-19(31)5-3-16)23(29(33)34)13-36-30(38)18-8-17-9-20(32)12-35-26(17)25(10-18)40-21-6-7-21/h2-5,8-12,15,21,23,29H,6-7,13-14H2,1H3,(H,36,38). The quantitative estimate of drug-likeness (QED) is 0.257. The van der Waals surface area contributed by atoms with E-state index in [1.54, 1.807) is 6.07 Å². The summed E-state index contributed by atoms with van der Waals surface area (Å²) in [7, 11) is 0. The van der Waals surface area contributed by atoms with E-state index in [0.717, 1.165) is 24.6 Å². The molecule has 0 spiro atoms. The number of amides is 1. The number of nitrogens with one attached hydrogen (secondary N) is 1. The molecule has 0 bridgehead atoms. The van der Waals surface area contributed by atoms with Crippen LogP contribution in [0.5, 0.6) is 11.5 Å². The average Bonchev–Trinajstić information content (AvgIpc) is 3.68. The molecule has 1 aliphatic carbocycles. The van der Waals surface area contributed by atoms with Gasteiger partial charge in [-0.15, -0.1) is 0 Å². The SMILES string of the molecule is CC1COc2c1cc(C(CNC(=O)c1cc(OC3CC3)c3ncc(F)cc3c1)C(F)F)nc2-c1ccc(F)cc1. The Balaban J connectivity index is 1.30. The molecule has 2 aliphatic rings. The molecule has 4 aromatic rings. The molecule has 10 heteroatoms. The highest BCUT2D eigenvalue weighted by atomic mass is 19.3. The summed E-state index contributed by atoms with van der Waals surface area (Å²) in [5.41, 5.74) is 2.26. The number of benzene rings is 2. The molecule has 40 heavy (non-hydrogen) atoms. The maximum Gasteiger partial charge on any atom is 0.251 e. The highest BCUT2D eigenvalue weighted by Gasteiger charge is 2.32. The van der Waals surface area contributed by atoms with Crippen molar-refractivity contribution < 1.29 is 31.8 Å². The molecule has 2 aromatic carbocycles. The monoisotopic (exact) mass is 551 g/mol. The van der Waals surface area contributed by atoms with Crippen LogP contribution in [0.4, 0.5) is 17.6 Å². The van der Waals surface area contributed by atoms with Gasteiger partial charge in [0, 0.05) is 34.5 Å². The largest absolute Gasteiger partial charge is 0.490 e. The number of halogens is 4. The van der Waals surface area contributed by atoms with Crippen LogP contribution in [0.2, 0.25) is 0 Å². The molecule has 1 fully saturated rings. The normalized spacial score (nSPS) is 17.0. The minimum Gasteiger partial charge on any atom is -0.490 e. The lowest BCUT2D eigenvalue weighted by Crippen LogP contribution is -2.31. The van der Waals surface area contributed by atoms with Gasteiger partial charge in [0.2, 0.25) is 6.43 Å². The Morgan fingerprint density at radius 2 is 1.88 bits per heavy atom. The molecule has 2 atom stereocenters. The topological polar surface area (TPSA) is 73.3 Å². The summed E-state index contributed by atoms with van der Waals surface area (Å²) >= 11 is 0. The smallest absolute Gasteiger partial charge is 0.251 e. The van der Waals surface area contributed by atoms with E-state index in [9.17, 15) is 22.4 Å². The third kappa shape index (κ3) is 5.17. The van der Waals surface area contributed by atoms with E-state index in [2.05, 4.69) is 15.3 Å². The zero-order valence-corrected chi connectivity index (χ0v) is 21.5. The van der Waals surface area contributed by atoms with Gasteiger partial charge in [0.05, 0.1) is 30.5 Å². The first kappa shape index (κ1) is 26.0. The lowest BCUT2D eigenvalue weighted by Gasteiger charge is -2.19. The fraction of sp³-hybridized carbons (Fsp3) is 0.300. The molecule has 1 N–H and O–H groups in total. The lowest BCUT2D eigenvalue weighted by atomic mass is 9.96. The van der Waals surface area contributed by atoms with Gasteiger partial charge in [0.25, 0.3) is 5.91 Å². The maximum absolute atomic E-state index is 14.4. The van der Waals surface area contributed by atoms with E-state index in [1.807, 2.05) is 6.92 Å². The number of ether oxygens (including phenoxy) is 2. The van der Waals surface area contributed by atoms with Gasteiger partial charge in [0.15, 0.2) is 0 Å². The zero-order chi connectivity index (χ0) is 28.0. The molecule has 0 saturated heterocycles. The molecule has 1 aliphatic heterocycles. The van der Waals surface area contributed by atoms with E-state index < -0.39 is 36.4 Å². The third-order valence-electron chi connectivity index (χ3n) is 7.11. The van der Waals surface area contributed by atoms with Gasteiger partial charge >= 0.3 is 0 Å². The summed E-state index contributed by atoms with van der Waals surface area (Å²) in [4.78, 5) is 21.8. The van der Waals surface area contributed by atoms with Crippen molar-refractivity contribution in [2.24, 2.45) is 0 Å². The van der Waals surface area contributed by atoms with Crippen LogP contribution in [0.3, 0.4) is 0 Å². The van der Waals surface area contributed by atoms with Crippen molar-refractivity contribution in [2.75, 3.05) is 13.2 Å². The van der Waals surface area contributed by atoms with Gasteiger partial charge in [-0.3, -0.25) is 4.79 Å². The number of carbonyl (C=O) groups excluding carboxylic acids is 1. The molecule has 6 rings (SSSR count). The van der Waals surface area contributed by atoms with Crippen molar-refractivity contribution >= 4 is 16.8 Å². The Hall–Kier alpha value is -4.21. The first-order valence-corrected chi connectivity index (χ1v) is 13.0. The third-order valence-corrected chi connectivity index (χ3v) is 7.11. The Bertz CT molecular complexity index is 1590. The van der Waals surface area contributed by atoms with Gasteiger partial charge in [-0.05, 0) is 61.4 Å². The number of carbonyl (C=O) groups is 1. The summed E-state index contributed by atoms with van der Waals surface area (Å²) in [6, 6.07) is 11.4. The minimum absolute atomic E-state index is 0.00383. The maximum atomic E-state index is 14.4. The van der Waals surface area contributed by atoms with Gasteiger partial charge in [-0.25, -0.2) is 27.5 Å². The number of hydrogen-bond donors (Lipinski definition) is 1. The van der Waals surface area contributed by atoms with Crippen LogP contribution < -0.4 is 14.8 Å². The Morgan fingerprint density at radius 1 is 1.10 bits per heavy atom. The second-order valence-electron chi connectivity index (χ2n) is 10.2. The van der Waals surface area contributed by atoms with Crippen LogP contribution in [-0.4, -0.2) is 41.6 Å². The second-order valence-corrected chi connectivity index (χ2v) is 10.2. The molecular formula is C30H25F4N3O3. The molecule has 2 unspecified atom stereocenters. The van der Waals surface area contributed by atoms with E-state index >= 15 is 0 Å². The second kappa shape index (κ2) is 10.4. The average molecular weight is 552 g/mol. The first-order chi connectivity index (χ1) is 19.3. The van der Waals surface area contributed by atoms with Crippen LogP contribution in [0, 0.1) is 11.6 Å². The van der Waals surface area contributed by atoms with Crippen LogP contribution in [0.1, 0.15) is 53.2 Å². The zero-order valence-electron chi connectivity index (χ0n) is 21.5. The fourth-order valence-corrected chi connectivity index (χ4v) is 4.79. The number of rotatable bonds is 8. The van der Waals surface area contributed by atoms with Crippen LogP contribution in [0.25, 0.3) is 22.2 Å². The van der Waals surface area contributed by atoms with E-state index in [4.69, 9.17) is 9.47 Å². The Morgan fingerprint density at radius 3 is 2.60 bits per heavy atom. The number of fused-ring (bicyclic) bond motifs is 2. The van der Waals surface area contributed by atoms with E-state index in [1.165, 1.54) is 42.5 Å². The van der Waals surface area contributed by atoms with Crippen molar-refractivity contribution in [3.8, 4) is 22.8 Å². The molecule has 3 heterocycles. The highest BCUT2D eigenvalue weighted by molar-refractivity contribution is 6.00. The molecule has 6 nitrogen and oxygen atoms in total. The summed E-state index contributed by atoms with van der Waals surface area (Å²) in [5, 5.41) is 2.96. The molecular weight excluding hydrogens is 526 g/mol. The summed E-state index contributed by atoms with van der Waals surface area (Å²) in [6.07, 6.45) is -0.0264. The van der Waals surface area contributed by atoms with E-state index in [0.29, 0.717) is 40.3 Å². The summed E-state index contributed by atoms with van der Waals surface area (Å²) < 4.78 is 67.9. The predicted octanol–water partition coefficient (Wildman–Crippen LogP) is 6.39. The van der Waals surface area contributed by atoms with Gasteiger partial charge in [-0.1, -0.05) is 6.92 Å². The van der Waals surface area contributed by atoms with Crippen LogP contribution in [0.15, 0.2) is 54.7 Å². The van der Waals surface area contributed by atoms with Gasteiger partial charge < -0.3 is 14.8 Å². The first-order valence-electron chi connectivity index (χ1n) is 13.0. The number of hydrogen-bond acceptors (Lipinski definition) is 5. The molecule has 1 saturated carbocycles.